The molecule has 1 N–H and O–H groups in total. The number of hydrogen-bond acceptors (Lipinski definition) is 5. The third-order valence-corrected chi connectivity index (χ3v) is 6.14. The summed E-state index contributed by atoms with van der Waals surface area (Å²) in [5, 5.41) is 3.76. The maximum Gasteiger partial charge on any atom is 0.283 e. The maximum absolute atomic E-state index is 13.4. The third-order valence-electron chi connectivity index (χ3n) is 4.80. The molecule has 2 amide bonds. The number of benzene rings is 3. The number of carbonyl (C=O) groups excluding carboxylic acids is 2. The first kappa shape index (κ1) is 22.0. The number of ether oxygens (including phenoxy) is 1. The normalized spacial score (nSPS) is 13.7. The molecule has 0 saturated carbocycles. The topological polar surface area (TPSA) is 58.6 Å². The average Bonchev–Trinajstić information content (AvgIpc) is 3.01. The van der Waals surface area contributed by atoms with Crippen molar-refractivity contribution < 1.29 is 14.3 Å². The van der Waals surface area contributed by atoms with E-state index in [0.29, 0.717) is 28.0 Å². The molecular weight excluding hydrogens is 444 g/mol. The minimum Gasteiger partial charge on any atom is -0.494 e. The Labute approximate surface area is 196 Å². The summed E-state index contributed by atoms with van der Waals surface area (Å²) < 4.78 is 5.47. The highest BCUT2D eigenvalue weighted by atomic mass is 35.5. The number of hydrogen-bond donors (Lipinski definition) is 1. The summed E-state index contributed by atoms with van der Waals surface area (Å²) in [6.45, 7) is 4.42. The van der Waals surface area contributed by atoms with Crippen LogP contribution in [-0.4, -0.2) is 18.4 Å². The number of imide groups is 1. The fourth-order valence-corrected chi connectivity index (χ4v) is 4.26. The molecule has 0 aromatic heterocycles. The Morgan fingerprint density at radius 3 is 2.19 bits per heavy atom. The molecule has 162 valence electrons. The van der Waals surface area contributed by atoms with E-state index >= 15 is 0 Å². The first-order valence-corrected chi connectivity index (χ1v) is 11.3. The van der Waals surface area contributed by atoms with Gasteiger partial charge in [0.25, 0.3) is 11.8 Å². The quantitative estimate of drug-likeness (QED) is 0.432. The lowest BCUT2D eigenvalue weighted by Gasteiger charge is -2.16. The van der Waals surface area contributed by atoms with E-state index in [1.54, 1.807) is 36.4 Å². The van der Waals surface area contributed by atoms with Crippen LogP contribution in [0.5, 0.6) is 5.75 Å². The molecule has 0 fully saturated rings. The van der Waals surface area contributed by atoms with Gasteiger partial charge < -0.3 is 10.1 Å². The van der Waals surface area contributed by atoms with E-state index in [9.17, 15) is 9.59 Å². The SMILES string of the molecule is CCOc1ccc(N2C(=O)C(Nc3ccc(C)cc3)=C(Sc3ccc(Cl)cc3)C2=O)cc1. The zero-order valence-electron chi connectivity index (χ0n) is 17.6. The van der Waals surface area contributed by atoms with E-state index in [2.05, 4.69) is 5.32 Å². The summed E-state index contributed by atoms with van der Waals surface area (Å²) in [6, 6.07) is 21.7. The van der Waals surface area contributed by atoms with Gasteiger partial charge in [0.05, 0.1) is 12.3 Å². The van der Waals surface area contributed by atoms with E-state index < -0.39 is 5.91 Å². The van der Waals surface area contributed by atoms with Gasteiger partial charge in [0.1, 0.15) is 16.4 Å². The molecule has 0 bridgehead atoms. The van der Waals surface area contributed by atoms with Crippen molar-refractivity contribution in [2.45, 2.75) is 18.7 Å². The number of carbonyl (C=O) groups is 2. The second-order valence-corrected chi connectivity index (χ2v) is 8.64. The predicted molar refractivity (Wildman–Crippen MR) is 129 cm³/mol. The highest BCUT2D eigenvalue weighted by Crippen LogP contribution is 2.38. The van der Waals surface area contributed by atoms with Crippen molar-refractivity contribution in [2.24, 2.45) is 0 Å². The lowest BCUT2D eigenvalue weighted by Crippen LogP contribution is -2.32. The molecule has 5 nitrogen and oxygen atoms in total. The van der Waals surface area contributed by atoms with Crippen molar-refractivity contribution in [3.8, 4) is 5.75 Å². The molecule has 32 heavy (non-hydrogen) atoms. The van der Waals surface area contributed by atoms with Gasteiger partial charge in [0.15, 0.2) is 0 Å². The molecule has 0 unspecified atom stereocenters. The predicted octanol–water partition coefficient (Wildman–Crippen LogP) is 6.04. The van der Waals surface area contributed by atoms with E-state index in [4.69, 9.17) is 16.3 Å². The monoisotopic (exact) mass is 464 g/mol. The maximum atomic E-state index is 13.4. The Bertz CT molecular complexity index is 1100. The lowest BCUT2D eigenvalue weighted by molar-refractivity contribution is -0.120. The number of anilines is 2. The molecular formula is C25H21ClN2O3S. The molecule has 0 aliphatic carbocycles. The van der Waals surface area contributed by atoms with Crippen molar-refractivity contribution in [2.75, 3.05) is 16.8 Å². The number of rotatable bonds is 7. The summed E-state index contributed by atoms with van der Waals surface area (Å²) in [7, 11) is 0. The van der Waals surface area contributed by atoms with Crippen LogP contribution in [0.15, 0.2) is 88.3 Å². The molecule has 0 spiro atoms. The van der Waals surface area contributed by atoms with Crippen molar-refractivity contribution in [1.29, 1.82) is 0 Å². The molecule has 3 aromatic carbocycles. The third kappa shape index (κ3) is 4.66. The number of amides is 2. The van der Waals surface area contributed by atoms with Crippen molar-refractivity contribution in [3.63, 3.8) is 0 Å². The minimum atomic E-state index is -0.406. The van der Waals surface area contributed by atoms with E-state index in [1.165, 1.54) is 16.7 Å². The van der Waals surface area contributed by atoms with E-state index in [1.807, 2.05) is 50.2 Å². The van der Waals surface area contributed by atoms with Gasteiger partial charge in [-0.2, -0.15) is 0 Å². The summed E-state index contributed by atoms with van der Waals surface area (Å²) in [5.41, 5.74) is 2.56. The first-order chi connectivity index (χ1) is 15.5. The van der Waals surface area contributed by atoms with Crippen LogP contribution in [0.25, 0.3) is 0 Å². The van der Waals surface area contributed by atoms with Crippen LogP contribution in [0.1, 0.15) is 12.5 Å². The largest absolute Gasteiger partial charge is 0.494 e. The first-order valence-electron chi connectivity index (χ1n) is 10.1. The van der Waals surface area contributed by atoms with Gasteiger partial charge >= 0.3 is 0 Å². The van der Waals surface area contributed by atoms with Crippen LogP contribution in [0.2, 0.25) is 5.02 Å². The zero-order valence-corrected chi connectivity index (χ0v) is 19.2. The molecule has 1 aliphatic heterocycles. The van der Waals surface area contributed by atoms with Gasteiger partial charge in [-0.25, -0.2) is 4.90 Å². The molecule has 0 radical (unpaired) electrons. The van der Waals surface area contributed by atoms with Gasteiger partial charge in [-0.3, -0.25) is 9.59 Å². The number of nitrogens with zero attached hydrogens (tertiary/aromatic N) is 1. The van der Waals surface area contributed by atoms with Crippen molar-refractivity contribution in [3.05, 3.63) is 94.0 Å². The van der Waals surface area contributed by atoms with E-state index in [0.717, 1.165) is 16.1 Å². The molecule has 4 rings (SSSR count). The molecule has 3 aromatic rings. The fourth-order valence-electron chi connectivity index (χ4n) is 3.21. The van der Waals surface area contributed by atoms with Crippen LogP contribution in [0, 0.1) is 6.92 Å². The molecule has 1 aliphatic rings. The van der Waals surface area contributed by atoms with Gasteiger partial charge in [0, 0.05) is 15.6 Å². The van der Waals surface area contributed by atoms with Crippen molar-refractivity contribution >= 4 is 46.6 Å². The standard InChI is InChI=1S/C25H21ClN2O3S/c1-3-31-20-12-10-19(11-13-20)28-24(29)22(27-18-8-4-16(2)5-9-18)23(25(28)30)32-21-14-6-17(26)7-15-21/h4-15,27H,3H2,1-2H3. The van der Waals surface area contributed by atoms with Crippen LogP contribution in [0.4, 0.5) is 11.4 Å². The Hall–Kier alpha value is -3.22. The van der Waals surface area contributed by atoms with Crippen LogP contribution < -0.4 is 15.0 Å². The number of thioether (sulfide) groups is 1. The second kappa shape index (κ2) is 9.51. The van der Waals surface area contributed by atoms with Gasteiger partial charge in [0.2, 0.25) is 0 Å². The number of nitrogens with one attached hydrogen (secondary N) is 1. The highest BCUT2D eigenvalue weighted by Gasteiger charge is 2.40. The number of halogens is 1. The Kier molecular flexibility index (Phi) is 6.53. The molecule has 7 heteroatoms. The molecule has 1 heterocycles. The van der Waals surface area contributed by atoms with E-state index in [-0.39, 0.29) is 11.6 Å². The highest BCUT2D eigenvalue weighted by molar-refractivity contribution is 8.04. The lowest BCUT2D eigenvalue weighted by atomic mass is 10.2. The van der Waals surface area contributed by atoms with Gasteiger partial charge in [-0.05, 0) is 74.5 Å². The summed E-state index contributed by atoms with van der Waals surface area (Å²) in [5.74, 6) is -0.109. The van der Waals surface area contributed by atoms with Crippen LogP contribution >= 0.6 is 23.4 Å². The van der Waals surface area contributed by atoms with Gasteiger partial charge in [-0.15, -0.1) is 0 Å². The Balaban J connectivity index is 1.69. The smallest absolute Gasteiger partial charge is 0.283 e. The van der Waals surface area contributed by atoms with Gasteiger partial charge in [-0.1, -0.05) is 41.1 Å². The fraction of sp³-hybridized carbons (Fsp3) is 0.120. The Morgan fingerprint density at radius 1 is 0.906 bits per heavy atom. The van der Waals surface area contributed by atoms with Crippen LogP contribution in [0.3, 0.4) is 0 Å². The average molecular weight is 465 g/mol. The second-order valence-electron chi connectivity index (χ2n) is 7.12. The van der Waals surface area contributed by atoms with Crippen molar-refractivity contribution in [1.82, 2.24) is 0 Å². The Morgan fingerprint density at radius 2 is 1.56 bits per heavy atom. The molecule has 0 saturated heterocycles. The summed E-state index contributed by atoms with van der Waals surface area (Å²) in [4.78, 5) is 29.1. The molecule has 0 atom stereocenters. The minimum absolute atomic E-state index is 0.243. The summed E-state index contributed by atoms with van der Waals surface area (Å²) >= 11 is 7.23. The van der Waals surface area contributed by atoms with Crippen LogP contribution in [-0.2, 0) is 9.59 Å². The number of aryl methyl sites for hydroxylation is 1. The zero-order chi connectivity index (χ0) is 22.7. The summed E-state index contributed by atoms with van der Waals surface area (Å²) in [6.07, 6.45) is 0.